The van der Waals surface area contributed by atoms with E-state index >= 15 is 0 Å². The van der Waals surface area contributed by atoms with Crippen molar-refractivity contribution in [2.75, 3.05) is 0 Å². The van der Waals surface area contributed by atoms with Gasteiger partial charge in [0.05, 0.1) is 17.2 Å². The quantitative estimate of drug-likeness (QED) is 0.323. The summed E-state index contributed by atoms with van der Waals surface area (Å²) in [7, 11) is 0. The Balaban J connectivity index is 1.79. The molecule has 10 nitrogen and oxygen atoms in total. The molecule has 10 heteroatoms. The highest BCUT2D eigenvalue weighted by Crippen LogP contribution is 2.50. The highest BCUT2D eigenvalue weighted by molar-refractivity contribution is 6.31. The number of aromatic hydroxyl groups is 1. The predicted molar refractivity (Wildman–Crippen MR) is 117 cm³/mol. The lowest BCUT2D eigenvalue weighted by atomic mass is 9.53. The minimum absolute atomic E-state index is 0.0365. The van der Waals surface area contributed by atoms with Crippen LogP contribution in [0.3, 0.4) is 0 Å². The van der Waals surface area contributed by atoms with Crippen LogP contribution >= 0.6 is 0 Å². The summed E-state index contributed by atoms with van der Waals surface area (Å²) in [6.07, 6.45) is -0.326. The van der Waals surface area contributed by atoms with Crippen molar-refractivity contribution in [2.45, 2.75) is 51.7 Å². The maximum atomic E-state index is 13.5. The van der Waals surface area contributed by atoms with Crippen molar-refractivity contribution in [3.63, 3.8) is 0 Å². The fourth-order valence-electron chi connectivity index (χ4n) is 5.54. The van der Waals surface area contributed by atoms with E-state index in [2.05, 4.69) is 5.16 Å². The van der Waals surface area contributed by atoms with Gasteiger partial charge in [-0.25, -0.2) is 0 Å². The Hall–Kier alpha value is -3.40. The molecule has 3 aliphatic rings. The predicted octanol–water partition coefficient (Wildman–Crippen LogP) is 0.476. The van der Waals surface area contributed by atoms with Gasteiger partial charge in [0.25, 0.3) is 0 Å². The van der Waals surface area contributed by atoms with Crippen molar-refractivity contribution < 1.29 is 39.0 Å². The molecule has 0 radical (unpaired) electrons. The lowest BCUT2D eigenvalue weighted by molar-refractivity contribution is -0.175. The molecule has 0 spiro atoms. The highest BCUT2D eigenvalue weighted by Gasteiger charge is 2.66. The molecule has 0 aliphatic heterocycles. The van der Waals surface area contributed by atoms with Gasteiger partial charge >= 0.3 is 0 Å². The number of rotatable bonds is 4. The van der Waals surface area contributed by atoms with Crippen LogP contribution in [0.25, 0.3) is 0 Å². The number of carbonyl (C=O) groups is 5. The summed E-state index contributed by atoms with van der Waals surface area (Å²) >= 11 is 0. The van der Waals surface area contributed by atoms with E-state index in [1.807, 2.05) is 13.8 Å². The Labute approximate surface area is 195 Å². The first-order valence-corrected chi connectivity index (χ1v) is 11.1. The number of fused-ring (bicyclic) bond motifs is 3. The molecule has 1 amide bonds. The van der Waals surface area contributed by atoms with E-state index in [0.717, 1.165) is 0 Å². The Bertz CT molecular complexity index is 1170. The molecule has 2 fully saturated rings. The molecule has 0 heterocycles. The fraction of sp³-hybridized carbons (Fsp3) is 0.500. The normalized spacial score (nSPS) is 31.1. The lowest BCUT2D eigenvalue weighted by Crippen LogP contribution is -2.68. The second-order valence-electron chi connectivity index (χ2n) is 9.56. The van der Waals surface area contributed by atoms with Gasteiger partial charge in [-0.1, -0.05) is 5.16 Å². The number of carbonyl (C=O) groups excluding carboxylic acids is 5. The van der Waals surface area contributed by atoms with Crippen LogP contribution in [0.5, 0.6) is 5.75 Å². The average molecular weight is 470 g/mol. The van der Waals surface area contributed by atoms with Crippen LogP contribution in [0.1, 0.15) is 55.1 Å². The molecule has 180 valence electrons. The highest BCUT2D eigenvalue weighted by atomic mass is 16.6. The average Bonchev–Trinajstić information content (AvgIpc) is 2.74. The number of Topliss-reactive ketones (excluding diaryl/α,β-unsaturated/α-hetero) is 4. The number of primary amides is 1. The molecule has 5 atom stereocenters. The van der Waals surface area contributed by atoms with E-state index in [9.17, 15) is 34.2 Å². The summed E-state index contributed by atoms with van der Waals surface area (Å²) in [4.78, 5) is 69.3. The third kappa shape index (κ3) is 3.35. The van der Waals surface area contributed by atoms with Crippen LogP contribution in [0.4, 0.5) is 0 Å². The Kier molecular flexibility index (Phi) is 5.67. The second-order valence-corrected chi connectivity index (χ2v) is 9.56. The minimum Gasteiger partial charge on any atom is -0.507 e. The number of hydrogen-bond donors (Lipinski definition) is 3. The van der Waals surface area contributed by atoms with Gasteiger partial charge in [-0.2, -0.15) is 0 Å². The standard InChI is InChI=1S/C24H26N2O8/c1-9(2)34-26-10(3)13-4-5-15(27)18-14(13)7-11-6-12-8-16(28)19(23(25)32)22(31)24(12,33)21(30)17(11)20(18)29/h4-5,9,11-12,17,19,27,33H,6-8H2,1-3H3,(H2,25,32)/t11-,12+,17?,19?,24+/m1/s1. The van der Waals surface area contributed by atoms with Crippen LogP contribution < -0.4 is 5.73 Å². The van der Waals surface area contributed by atoms with Crippen LogP contribution in [-0.4, -0.2) is 56.7 Å². The minimum atomic E-state index is -2.66. The van der Waals surface area contributed by atoms with Crippen molar-refractivity contribution >= 4 is 34.8 Å². The Morgan fingerprint density at radius 2 is 1.85 bits per heavy atom. The molecule has 1 aromatic carbocycles. The van der Waals surface area contributed by atoms with E-state index in [-0.39, 0.29) is 36.7 Å². The van der Waals surface area contributed by atoms with Crippen molar-refractivity contribution in [3.05, 3.63) is 28.8 Å². The SMILES string of the molecule is CC(=NOC(C)C)c1ccc(O)c2c1C[C@H]1C[C@H]3CC(=O)C(C(N)=O)C(=O)[C@@]3(O)C(=O)C1C2=O. The van der Waals surface area contributed by atoms with Crippen molar-refractivity contribution in [1.82, 2.24) is 0 Å². The maximum absolute atomic E-state index is 13.5. The second kappa shape index (κ2) is 8.12. The third-order valence-corrected chi connectivity index (χ3v) is 7.08. The van der Waals surface area contributed by atoms with Crippen LogP contribution in [0.15, 0.2) is 17.3 Å². The monoisotopic (exact) mass is 470 g/mol. The van der Waals surface area contributed by atoms with Gasteiger partial charge in [0.2, 0.25) is 5.91 Å². The smallest absolute Gasteiger partial charge is 0.235 e. The molecule has 4 rings (SSSR count). The largest absolute Gasteiger partial charge is 0.507 e. The van der Waals surface area contributed by atoms with Gasteiger partial charge < -0.3 is 20.8 Å². The molecule has 2 unspecified atom stereocenters. The maximum Gasteiger partial charge on any atom is 0.235 e. The number of nitrogens with zero attached hydrogens (tertiary/aromatic N) is 1. The summed E-state index contributed by atoms with van der Waals surface area (Å²) in [5.41, 5.74) is 3.98. The zero-order chi connectivity index (χ0) is 25.1. The Morgan fingerprint density at radius 3 is 2.47 bits per heavy atom. The van der Waals surface area contributed by atoms with Gasteiger partial charge in [-0.3, -0.25) is 24.0 Å². The zero-order valence-electron chi connectivity index (χ0n) is 19.0. The molecule has 0 bridgehead atoms. The lowest BCUT2D eigenvalue weighted by Gasteiger charge is -2.48. The van der Waals surface area contributed by atoms with Crippen molar-refractivity contribution in [2.24, 2.45) is 34.6 Å². The molecule has 34 heavy (non-hydrogen) atoms. The van der Waals surface area contributed by atoms with Crippen molar-refractivity contribution in [3.8, 4) is 5.75 Å². The van der Waals surface area contributed by atoms with Crippen LogP contribution in [0.2, 0.25) is 0 Å². The third-order valence-electron chi connectivity index (χ3n) is 7.08. The summed E-state index contributed by atoms with van der Waals surface area (Å²) in [6, 6.07) is 2.93. The summed E-state index contributed by atoms with van der Waals surface area (Å²) in [5.74, 6) is -10.3. The molecular weight excluding hydrogens is 444 g/mol. The molecule has 1 aromatic rings. The number of hydrogen-bond acceptors (Lipinski definition) is 9. The summed E-state index contributed by atoms with van der Waals surface area (Å²) < 4.78 is 0. The molecule has 2 saturated carbocycles. The van der Waals surface area contributed by atoms with E-state index in [0.29, 0.717) is 16.8 Å². The van der Waals surface area contributed by atoms with Crippen LogP contribution in [0, 0.1) is 23.7 Å². The van der Waals surface area contributed by atoms with E-state index in [1.165, 1.54) is 6.07 Å². The van der Waals surface area contributed by atoms with E-state index < -0.39 is 58.3 Å². The van der Waals surface area contributed by atoms with Gasteiger partial charge in [0.1, 0.15) is 11.9 Å². The number of ketones is 4. The van der Waals surface area contributed by atoms with Gasteiger partial charge in [0.15, 0.2) is 34.7 Å². The van der Waals surface area contributed by atoms with Gasteiger partial charge in [-0.15, -0.1) is 0 Å². The zero-order valence-corrected chi connectivity index (χ0v) is 19.0. The molecule has 0 saturated heterocycles. The van der Waals surface area contributed by atoms with Gasteiger partial charge in [-0.05, 0) is 57.2 Å². The number of nitrogens with two attached hydrogens (primary N) is 1. The van der Waals surface area contributed by atoms with E-state index in [1.54, 1.807) is 13.0 Å². The van der Waals surface area contributed by atoms with Crippen LogP contribution in [-0.2, 0) is 30.4 Å². The number of phenolic OH excluding ortho intramolecular Hbond substituents is 1. The van der Waals surface area contributed by atoms with Gasteiger partial charge in [0, 0.05) is 17.9 Å². The van der Waals surface area contributed by atoms with Crippen molar-refractivity contribution in [1.29, 1.82) is 0 Å². The molecule has 3 aliphatic carbocycles. The summed E-state index contributed by atoms with van der Waals surface area (Å²) in [6.45, 7) is 5.31. The Morgan fingerprint density at radius 1 is 1.18 bits per heavy atom. The first kappa shape index (κ1) is 23.7. The topological polar surface area (TPSA) is 173 Å². The first-order valence-electron chi connectivity index (χ1n) is 11.1. The summed E-state index contributed by atoms with van der Waals surface area (Å²) in [5, 5.41) is 25.8. The first-order chi connectivity index (χ1) is 15.9. The fourth-order valence-corrected chi connectivity index (χ4v) is 5.54. The number of amides is 1. The number of aliphatic hydroxyl groups is 1. The molecule has 4 N–H and O–H groups in total. The molecule has 0 aromatic heterocycles. The van der Waals surface area contributed by atoms with E-state index in [4.69, 9.17) is 10.6 Å². The number of oxime groups is 1. The molecular formula is C24H26N2O8. The number of phenols is 1. The number of benzene rings is 1.